The Labute approximate surface area is 156 Å². The van der Waals surface area contributed by atoms with Gasteiger partial charge in [-0.15, -0.1) is 11.8 Å². The molecule has 26 heavy (non-hydrogen) atoms. The van der Waals surface area contributed by atoms with Crippen LogP contribution >= 0.6 is 11.8 Å². The number of ether oxygens (including phenoxy) is 3. The molecule has 6 nitrogen and oxygen atoms in total. The number of nitrogens with one attached hydrogen (secondary N) is 1. The minimum atomic E-state index is -0.978. The first-order valence-electron chi connectivity index (χ1n) is 7.87. The van der Waals surface area contributed by atoms with E-state index in [4.69, 9.17) is 14.2 Å². The smallest absolute Gasteiger partial charge is 0.342 e. The topological polar surface area (TPSA) is 73.9 Å². The van der Waals surface area contributed by atoms with E-state index in [-0.39, 0.29) is 11.3 Å². The van der Waals surface area contributed by atoms with E-state index in [9.17, 15) is 9.59 Å². The van der Waals surface area contributed by atoms with Crippen molar-refractivity contribution in [1.29, 1.82) is 0 Å². The summed E-state index contributed by atoms with van der Waals surface area (Å²) in [6.45, 7) is 1.52. The zero-order chi connectivity index (χ0) is 19.1. The van der Waals surface area contributed by atoms with E-state index in [0.717, 1.165) is 4.90 Å². The standard InChI is InChI=1S/C19H21NO5S/c1-12(18(21)20-14-9-5-6-11-16(14)26-4)25-19(22)13-8-7-10-15(23-2)17(13)24-3/h5-12H,1-4H3,(H,20,21)/t12-/m1/s1. The van der Waals surface area contributed by atoms with E-state index >= 15 is 0 Å². The number of carbonyl (C=O) groups excluding carboxylic acids is 2. The highest BCUT2D eigenvalue weighted by molar-refractivity contribution is 7.98. The lowest BCUT2D eigenvalue weighted by atomic mass is 10.2. The zero-order valence-corrected chi connectivity index (χ0v) is 15.9. The number of para-hydroxylation sites is 2. The maximum absolute atomic E-state index is 12.4. The van der Waals surface area contributed by atoms with E-state index in [1.54, 1.807) is 24.3 Å². The van der Waals surface area contributed by atoms with Gasteiger partial charge in [0.1, 0.15) is 5.56 Å². The quantitative estimate of drug-likeness (QED) is 0.589. The predicted octanol–water partition coefficient (Wildman–Crippen LogP) is 3.61. The molecule has 0 aliphatic rings. The third-order valence-electron chi connectivity index (χ3n) is 3.64. The number of hydrogen-bond acceptors (Lipinski definition) is 6. The molecule has 0 radical (unpaired) electrons. The molecule has 0 spiro atoms. The molecule has 0 heterocycles. The van der Waals surface area contributed by atoms with Gasteiger partial charge in [0.05, 0.1) is 19.9 Å². The van der Waals surface area contributed by atoms with Gasteiger partial charge in [0.15, 0.2) is 17.6 Å². The van der Waals surface area contributed by atoms with Crippen LogP contribution in [0.25, 0.3) is 0 Å². The Balaban J connectivity index is 2.10. The van der Waals surface area contributed by atoms with E-state index < -0.39 is 18.0 Å². The number of carbonyl (C=O) groups is 2. The van der Waals surface area contributed by atoms with Crippen LogP contribution in [-0.4, -0.2) is 38.5 Å². The van der Waals surface area contributed by atoms with Gasteiger partial charge in [0.2, 0.25) is 0 Å². The van der Waals surface area contributed by atoms with Crippen LogP contribution in [0.3, 0.4) is 0 Å². The SMILES string of the molecule is COc1cccc(C(=O)O[C@H](C)C(=O)Nc2ccccc2SC)c1OC. The Morgan fingerprint density at radius 2 is 1.77 bits per heavy atom. The molecule has 0 aliphatic carbocycles. The molecule has 0 bridgehead atoms. The Kier molecular flexibility index (Phi) is 6.91. The van der Waals surface area contributed by atoms with Crippen LogP contribution in [0.4, 0.5) is 5.69 Å². The van der Waals surface area contributed by atoms with Crippen LogP contribution in [0.15, 0.2) is 47.4 Å². The molecule has 0 aromatic heterocycles. The third-order valence-corrected chi connectivity index (χ3v) is 4.44. The Bertz CT molecular complexity index is 793. The number of esters is 1. The van der Waals surface area contributed by atoms with Crippen LogP contribution in [0.5, 0.6) is 11.5 Å². The molecule has 0 fully saturated rings. The fourth-order valence-corrected chi connectivity index (χ4v) is 2.86. The van der Waals surface area contributed by atoms with Crippen LogP contribution in [0, 0.1) is 0 Å². The third kappa shape index (κ3) is 4.49. The highest BCUT2D eigenvalue weighted by Gasteiger charge is 2.23. The number of hydrogen-bond donors (Lipinski definition) is 1. The summed E-state index contributed by atoms with van der Waals surface area (Å²) in [5, 5.41) is 2.78. The lowest BCUT2D eigenvalue weighted by Crippen LogP contribution is -2.30. The summed E-state index contributed by atoms with van der Waals surface area (Å²) in [7, 11) is 2.91. The largest absolute Gasteiger partial charge is 0.493 e. The van der Waals surface area contributed by atoms with Gasteiger partial charge >= 0.3 is 5.97 Å². The number of amides is 1. The molecular weight excluding hydrogens is 354 g/mol. The van der Waals surface area contributed by atoms with E-state index in [1.165, 1.54) is 32.9 Å². The van der Waals surface area contributed by atoms with Gasteiger partial charge in [0, 0.05) is 4.90 Å². The van der Waals surface area contributed by atoms with Crippen molar-refractivity contribution in [3.8, 4) is 11.5 Å². The van der Waals surface area contributed by atoms with Crippen molar-refractivity contribution in [2.45, 2.75) is 17.9 Å². The average molecular weight is 375 g/mol. The number of benzene rings is 2. The van der Waals surface area contributed by atoms with Crippen LogP contribution in [0.2, 0.25) is 0 Å². The van der Waals surface area contributed by atoms with Crippen molar-refractivity contribution >= 4 is 29.3 Å². The summed E-state index contributed by atoms with van der Waals surface area (Å²) in [5.41, 5.74) is 0.864. The van der Waals surface area contributed by atoms with Gasteiger partial charge in [-0.25, -0.2) is 4.79 Å². The molecular formula is C19H21NO5S. The second-order valence-electron chi connectivity index (χ2n) is 5.28. The highest BCUT2D eigenvalue weighted by atomic mass is 32.2. The van der Waals surface area contributed by atoms with Crippen LogP contribution in [-0.2, 0) is 9.53 Å². The normalized spacial score (nSPS) is 11.4. The second kappa shape index (κ2) is 9.15. The van der Waals surface area contributed by atoms with E-state index in [1.807, 2.05) is 24.5 Å². The molecule has 0 saturated heterocycles. The molecule has 0 saturated carbocycles. The number of methoxy groups -OCH3 is 2. The fourth-order valence-electron chi connectivity index (χ4n) is 2.31. The van der Waals surface area contributed by atoms with Crippen LogP contribution < -0.4 is 14.8 Å². The summed E-state index contributed by atoms with van der Waals surface area (Å²) in [4.78, 5) is 25.7. The summed E-state index contributed by atoms with van der Waals surface area (Å²) in [5.74, 6) is -0.406. The van der Waals surface area contributed by atoms with Crippen molar-refractivity contribution in [3.05, 3.63) is 48.0 Å². The Morgan fingerprint density at radius 3 is 2.42 bits per heavy atom. The molecule has 138 valence electrons. The molecule has 1 amide bonds. The Morgan fingerprint density at radius 1 is 1.04 bits per heavy atom. The van der Waals surface area contributed by atoms with Crippen molar-refractivity contribution in [3.63, 3.8) is 0 Å². The Hall–Kier alpha value is -2.67. The van der Waals surface area contributed by atoms with Crippen molar-refractivity contribution in [1.82, 2.24) is 0 Å². The molecule has 2 aromatic carbocycles. The number of thioether (sulfide) groups is 1. The van der Waals surface area contributed by atoms with E-state index in [2.05, 4.69) is 5.32 Å². The maximum atomic E-state index is 12.4. The number of rotatable bonds is 7. The summed E-state index contributed by atoms with van der Waals surface area (Å²) in [6, 6.07) is 12.3. The average Bonchev–Trinajstić information content (AvgIpc) is 2.67. The fraction of sp³-hybridized carbons (Fsp3) is 0.263. The van der Waals surface area contributed by atoms with E-state index in [0.29, 0.717) is 11.4 Å². The second-order valence-corrected chi connectivity index (χ2v) is 6.13. The predicted molar refractivity (Wildman–Crippen MR) is 101 cm³/mol. The first-order chi connectivity index (χ1) is 12.5. The molecule has 2 aromatic rings. The lowest BCUT2D eigenvalue weighted by molar-refractivity contribution is -0.123. The van der Waals surface area contributed by atoms with Crippen molar-refractivity contribution < 1.29 is 23.8 Å². The van der Waals surface area contributed by atoms with Crippen molar-refractivity contribution in [2.75, 3.05) is 25.8 Å². The number of anilines is 1. The summed E-state index contributed by atoms with van der Waals surface area (Å²) in [6.07, 6.45) is 0.942. The molecule has 7 heteroatoms. The van der Waals surface area contributed by atoms with Crippen LogP contribution in [0.1, 0.15) is 17.3 Å². The summed E-state index contributed by atoms with van der Waals surface area (Å²) < 4.78 is 15.7. The van der Waals surface area contributed by atoms with Gasteiger partial charge < -0.3 is 19.5 Å². The van der Waals surface area contributed by atoms with Gasteiger partial charge in [-0.3, -0.25) is 4.79 Å². The molecule has 1 atom stereocenters. The zero-order valence-electron chi connectivity index (χ0n) is 15.1. The van der Waals surface area contributed by atoms with Gasteiger partial charge in [-0.2, -0.15) is 0 Å². The molecule has 2 rings (SSSR count). The minimum Gasteiger partial charge on any atom is -0.493 e. The first-order valence-corrected chi connectivity index (χ1v) is 9.10. The molecule has 1 N–H and O–H groups in total. The highest BCUT2D eigenvalue weighted by Crippen LogP contribution is 2.31. The monoisotopic (exact) mass is 375 g/mol. The minimum absolute atomic E-state index is 0.191. The molecule has 0 unspecified atom stereocenters. The van der Waals surface area contributed by atoms with Gasteiger partial charge in [0.25, 0.3) is 5.91 Å². The lowest BCUT2D eigenvalue weighted by Gasteiger charge is -2.16. The van der Waals surface area contributed by atoms with Gasteiger partial charge in [-0.05, 0) is 37.4 Å². The summed E-state index contributed by atoms with van der Waals surface area (Å²) >= 11 is 1.52. The van der Waals surface area contributed by atoms with Gasteiger partial charge in [-0.1, -0.05) is 18.2 Å². The first kappa shape index (κ1) is 19.7. The van der Waals surface area contributed by atoms with Crippen molar-refractivity contribution in [2.24, 2.45) is 0 Å². The molecule has 0 aliphatic heterocycles. The maximum Gasteiger partial charge on any atom is 0.342 e.